The highest BCUT2D eigenvalue weighted by Gasteiger charge is 2.59. The summed E-state index contributed by atoms with van der Waals surface area (Å²) >= 11 is 0. The minimum absolute atomic E-state index is 0.890. The molecule has 0 spiro atoms. The Kier molecular flexibility index (Phi) is 22.6. The van der Waals surface area contributed by atoms with E-state index in [0.29, 0.717) is 0 Å². The van der Waals surface area contributed by atoms with Gasteiger partial charge in [0.25, 0.3) is 0 Å². The molecule has 7 heterocycles. The fourth-order valence-corrected chi connectivity index (χ4v) is 9.88. The van der Waals surface area contributed by atoms with Crippen molar-refractivity contribution in [1.82, 2.24) is 0 Å². The van der Waals surface area contributed by atoms with Crippen molar-refractivity contribution in [2.75, 3.05) is 46.2 Å². The molecule has 7 fully saturated rings. The molecule has 7 saturated heterocycles. The van der Waals surface area contributed by atoms with E-state index in [0.717, 1.165) is 0 Å². The first-order chi connectivity index (χ1) is 37.0. The Bertz CT molecular complexity index is 1820. The second kappa shape index (κ2) is 27.5. The van der Waals surface area contributed by atoms with Crippen molar-refractivity contribution in [3.8, 4) is 0 Å². The third kappa shape index (κ3) is 12.9. The normalized spacial score (nSPS) is 53.5. The Labute approximate surface area is 439 Å². The second-order valence-corrected chi connectivity index (χ2v) is 19.6. The lowest BCUT2D eigenvalue weighted by atomic mass is 9.95. The first-order valence-corrected chi connectivity index (χ1v) is 24.7. The standard InChI is InChI=1S/C42H72O36/c43-1-8-16(51)23(58)30(36(65)66-8)73-38-32(25(60)18(53)10(3-45)68-38)75-40-34(27(62)20(55)12(5-47)70-40)77-42-35(28(63)21(56)14(7-49)72-42)78-41-33(26(61)19(54)13(6-48)71-41)76-39-31(24(59)17(52)11(4-46)69-39)74-37-29(64)22(57)15(50)9(2-44)67-37/h8-65H,1-7H2/t8-,9-,10-,11-,12-,13-,14-,15-,16-,17-,18-,19-,20-,21-,22+,23+,24+,25+,26+,27+,28+,29+,30+,31+,32+,33+,34+,35+,36+,37+,38+,39+,40+,41+,42+/m1/s1. The number of hydrogen-bond acceptors (Lipinski definition) is 36. The maximum atomic E-state index is 11.7. The van der Waals surface area contributed by atoms with Crippen LogP contribution in [0.4, 0.5) is 0 Å². The van der Waals surface area contributed by atoms with Crippen LogP contribution in [0.1, 0.15) is 0 Å². The van der Waals surface area contributed by atoms with Gasteiger partial charge in [-0.05, 0) is 0 Å². The topological polar surface area (TPSA) is 585 Å². The lowest BCUT2D eigenvalue weighted by Gasteiger charge is -2.51. The Morgan fingerprint density at radius 2 is 0.372 bits per heavy atom. The van der Waals surface area contributed by atoms with Crippen molar-refractivity contribution in [3.05, 3.63) is 0 Å². The molecule has 36 heteroatoms. The van der Waals surface area contributed by atoms with Crippen LogP contribution in [-0.4, -0.2) is 379 Å². The van der Waals surface area contributed by atoms with Gasteiger partial charge in [0.15, 0.2) is 44.0 Å². The van der Waals surface area contributed by atoms with E-state index in [1.807, 2.05) is 0 Å². The zero-order valence-corrected chi connectivity index (χ0v) is 40.8. The monoisotopic (exact) mass is 1150 g/mol. The SMILES string of the molecule is OC[C@H]1O[C@@H](O[C@@H]2[C@H](O[C@@H]3[C@H](O[C@@H]4[C@H](O[C@@H]5[C@H](O[C@@H]6[C@H](O[C@H]7[C@@H](O)[C@H](O)[C@@H](CO)O[C@@H]7O)O[C@H](CO)[C@@H](O)[C@@H]6O)O[C@H](CO)[C@@H](O)[C@@H]5O)O[C@H](CO)[C@@H](O)[C@@H]4O)O[C@H](CO)[C@@H](O)[C@@H]3O)O[C@H](CO)[C@@H](O)[C@@H]2O)[C@@H](O)[C@@H](O)[C@@H]1O. The molecule has 78 heavy (non-hydrogen) atoms. The second-order valence-electron chi connectivity index (χ2n) is 19.6. The Hall–Kier alpha value is -1.44. The van der Waals surface area contributed by atoms with Crippen LogP contribution in [-0.2, 0) is 61.6 Å². The average molecular weight is 1150 g/mol. The summed E-state index contributed by atoms with van der Waals surface area (Å²) in [6, 6.07) is 0. The molecule has 0 aromatic heterocycles. The summed E-state index contributed by atoms with van der Waals surface area (Å²) in [5.74, 6) is 0. The van der Waals surface area contributed by atoms with Gasteiger partial charge in [-0.15, -0.1) is 0 Å². The summed E-state index contributed by atoms with van der Waals surface area (Å²) in [6.07, 6.45) is -72.5. The molecule has 0 radical (unpaired) electrons. The van der Waals surface area contributed by atoms with Crippen molar-refractivity contribution < 1.29 is 179 Å². The van der Waals surface area contributed by atoms with Crippen LogP contribution in [0.5, 0.6) is 0 Å². The molecule has 7 aliphatic heterocycles. The van der Waals surface area contributed by atoms with Crippen molar-refractivity contribution in [1.29, 1.82) is 0 Å². The first kappa shape index (κ1) is 64.1. The summed E-state index contributed by atoms with van der Waals surface area (Å²) in [6.45, 7) is -7.18. The lowest BCUT2D eigenvalue weighted by Crippen LogP contribution is -2.69. The molecule has 7 aliphatic rings. The fraction of sp³-hybridized carbons (Fsp3) is 1.00. The molecule has 23 N–H and O–H groups in total. The van der Waals surface area contributed by atoms with E-state index in [9.17, 15) is 117 Å². The van der Waals surface area contributed by atoms with E-state index in [1.54, 1.807) is 0 Å². The van der Waals surface area contributed by atoms with Crippen molar-refractivity contribution >= 4 is 0 Å². The molecular weight excluding hydrogens is 1080 g/mol. The van der Waals surface area contributed by atoms with Crippen LogP contribution >= 0.6 is 0 Å². The van der Waals surface area contributed by atoms with Gasteiger partial charge in [-0.2, -0.15) is 0 Å². The van der Waals surface area contributed by atoms with Crippen LogP contribution < -0.4 is 0 Å². The Morgan fingerprint density at radius 3 is 0.615 bits per heavy atom. The highest BCUT2D eigenvalue weighted by molar-refractivity contribution is 5.01. The van der Waals surface area contributed by atoms with Crippen LogP contribution in [0.15, 0.2) is 0 Å². The molecular formula is C42H72O36. The third-order valence-corrected chi connectivity index (χ3v) is 14.6. The minimum atomic E-state index is -2.34. The van der Waals surface area contributed by atoms with Gasteiger partial charge in [-0.1, -0.05) is 0 Å². The largest absolute Gasteiger partial charge is 0.394 e. The van der Waals surface area contributed by atoms with Crippen LogP contribution in [0.3, 0.4) is 0 Å². The van der Waals surface area contributed by atoms with E-state index in [4.69, 9.17) is 61.6 Å². The van der Waals surface area contributed by atoms with E-state index >= 15 is 0 Å². The number of ether oxygens (including phenoxy) is 13. The van der Waals surface area contributed by atoms with Gasteiger partial charge in [0.1, 0.15) is 171 Å². The van der Waals surface area contributed by atoms with Gasteiger partial charge in [-0.25, -0.2) is 0 Å². The lowest BCUT2D eigenvalue weighted by molar-refractivity contribution is -0.420. The van der Waals surface area contributed by atoms with Gasteiger partial charge >= 0.3 is 0 Å². The molecule has 0 amide bonds. The highest BCUT2D eigenvalue weighted by Crippen LogP contribution is 2.39. The molecule has 456 valence electrons. The highest BCUT2D eigenvalue weighted by atomic mass is 16.8. The van der Waals surface area contributed by atoms with E-state index in [-0.39, 0.29) is 0 Å². The average Bonchev–Trinajstić information content (AvgIpc) is 3.43. The summed E-state index contributed by atoms with van der Waals surface area (Å²) in [4.78, 5) is 0. The molecule has 0 aliphatic carbocycles. The molecule has 7 rings (SSSR count). The quantitative estimate of drug-likeness (QED) is 0.0571. The molecule has 36 nitrogen and oxygen atoms in total. The van der Waals surface area contributed by atoms with Gasteiger partial charge in [0.2, 0.25) is 0 Å². The molecule has 0 aromatic carbocycles. The zero-order chi connectivity index (χ0) is 57.3. The van der Waals surface area contributed by atoms with Crippen molar-refractivity contribution in [3.63, 3.8) is 0 Å². The van der Waals surface area contributed by atoms with Crippen LogP contribution in [0, 0.1) is 0 Å². The predicted molar refractivity (Wildman–Crippen MR) is 232 cm³/mol. The number of hydrogen-bond donors (Lipinski definition) is 23. The van der Waals surface area contributed by atoms with Crippen LogP contribution in [0.2, 0.25) is 0 Å². The number of aliphatic hydroxyl groups is 23. The molecule has 0 bridgehead atoms. The zero-order valence-electron chi connectivity index (χ0n) is 40.8. The fourth-order valence-electron chi connectivity index (χ4n) is 9.88. The molecule has 0 aromatic rings. The van der Waals surface area contributed by atoms with E-state index < -0.39 is 261 Å². The Morgan fingerprint density at radius 1 is 0.192 bits per heavy atom. The molecule has 0 unspecified atom stereocenters. The summed E-state index contributed by atoms with van der Waals surface area (Å²) < 4.78 is 74.3. The van der Waals surface area contributed by atoms with Crippen LogP contribution in [0.25, 0.3) is 0 Å². The van der Waals surface area contributed by atoms with Gasteiger partial charge in [0.05, 0.1) is 46.2 Å². The molecule has 35 atom stereocenters. The van der Waals surface area contributed by atoms with Gasteiger partial charge < -0.3 is 179 Å². The summed E-state index contributed by atoms with van der Waals surface area (Å²) in [7, 11) is 0. The predicted octanol–water partition coefficient (Wildman–Crippen LogP) is -16.3. The van der Waals surface area contributed by atoms with Crippen molar-refractivity contribution in [2.24, 2.45) is 0 Å². The maximum Gasteiger partial charge on any atom is 0.187 e. The number of rotatable bonds is 19. The Balaban J connectivity index is 1.20. The summed E-state index contributed by atoms with van der Waals surface area (Å²) in [5.41, 5.74) is 0. The van der Waals surface area contributed by atoms with Gasteiger partial charge in [-0.3, -0.25) is 0 Å². The van der Waals surface area contributed by atoms with Crippen molar-refractivity contribution in [2.45, 2.75) is 215 Å². The maximum absolute atomic E-state index is 11.7. The summed E-state index contributed by atoms with van der Waals surface area (Å²) in [5, 5.41) is 246. The number of aliphatic hydroxyl groups excluding tert-OH is 23. The smallest absolute Gasteiger partial charge is 0.187 e. The molecule has 0 saturated carbocycles. The van der Waals surface area contributed by atoms with Gasteiger partial charge in [0, 0.05) is 0 Å². The minimum Gasteiger partial charge on any atom is -0.394 e. The van der Waals surface area contributed by atoms with E-state index in [2.05, 4.69) is 0 Å². The van der Waals surface area contributed by atoms with E-state index in [1.165, 1.54) is 0 Å². The first-order valence-electron chi connectivity index (χ1n) is 24.7. The third-order valence-electron chi connectivity index (χ3n) is 14.6.